The Bertz CT molecular complexity index is 841. The zero-order valence-corrected chi connectivity index (χ0v) is 20.6. The van der Waals surface area contributed by atoms with Crippen LogP contribution < -0.4 is 22.1 Å². The number of morpholine rings is 1. The molecular formula is C22H33BrN6O5. The van der Waals surface area contributed by atoms with Crippen LogP contribution >= 0.6 is 17.0 Å². The van der Waals surface area contributed by atoms with Gasteiger partial charge in [0.25, 0.3) is 0 Å². The van der Waals surface area contributed by atoms with Crippen molar-refractivity contribution in [1.29, 1.82) is 0 Å². The molecule has 1 heterocycles. The van der Waals surface area contributed by atoms with Crippen molar-refractivity contribution in [3.05, 3.63) is 48.0 Å². The normalized spacial score (nSPS) is 15.0. The lowest BCUT2D eigenvalue weighted by Crippen LogP contribution is -2.55. The van der Waals surface area contributed by atoms with E-state index in [1.807, 2.05) is 30.3 Å². The van der Waals surface area contributed by atoms with Gasteiger partial charge < -0.3 is 36.8 Å². The summed E-state index contributed by atoms with van der Waals surface area (Å²) >= 11 is 0. The Kier molecular flexibility index (Phi) is 13.3. The average Bonchev–Trinajstić information content (AvgIpc) is 2.80. The van der Waals surface area contributed by atoms with E-state index in [-0.39, 0.29) is 35.4 Å². The standard InChI is InChI=1S/C22H32N6O5.BrH/c23-21(24)25-10-4-7-17(8-9-19(29)30)26-20(31)18(15-16-5-2-1-3-6-16)27-22(32)28-11-13-33-14-12-28;/h1-3,5-6,8-9,17-18H,4,7,10-15H2,(H,26,31)(H,27,32)(H,29,30)(H4,23,24,25);1H/b9-8+;/t17-,18-;/m0./s1. The number of carbonyl (C=O) groups is 3. The Morgan fingerprint density at radius 1 is 1.15 bits per heavy atom. The minimum absolute atomic E-state index is 0. The molecule has 0 unspecified atom stereocenters. The summed E-state index contributed by atoms with van der Waals surface area (Å²) < 4.78 is 5.28. The van der Waals surface area contributed by atoms with Gasteiger partial charge in [-0.25, -0.2) is 9.59 Å². The number of carboxylic acid groups (broad SMARTS) is 1. The SMILES string of the molecule is Br.NC(N)=NCCC[C@@H](/C=C/C(=O)O)NC(=O)[C@H](Cc1ccccc1)NC(=O)N1CCOCC1. The summed E-state index contributed by atoms with van der Waals surface area (Å²) in [5, 5.41) is 14.6. The lowest BCUT2D eigenvalue weighted by Gasteiger charge is -2.29. The van der Waals surface area contributed by atoms with Crippen molar-refractivity contribution in [3.63, 3.8) is 0 Å². The molecule has 2 atom stereocenters. The van der Waals surface area contributed by atoms with E-state index < -0.39 is 24.0 Å². The number of rotatable bonds is 11. The molecule has 1 saturated heterocycles. The van der Waals surface area contributed by atoms with Crippen LogP contribution in [0.4, 0.5) is 4.79 Å². The monoisotopic (exact) mass is 540 g/mol. The second-order valence-electron chi connectivity index (χ2n) is 7.55. The summed E-state index contributed by atoms with van der Waals surface area (Å²) in [6, 6.07) is 7.57. The minimum Gasteiger partial charge on any atom is -0.478 e. The van der Waals surface area contributed by atoms with Crippen LogP contribution in [-0.2, 0) is 20.7 Å². The smallest absolute Gasteiger partial charge is 0.328 e. The Hall–Kier alpha value is -3.12. The third kappa shape index (κ3) is 11.1. The van der Waals surface area contributed by atoms with E-state index in [1.54, 1.807) is 4.90 Å². The second-order valence-corrected chi connectivity index (χ2v) is 7.55. The predicted octanol–water partition coefficient (Wildman–Crippen LogP) is 0.397. The number of aliphatic carboxylic acids is 1. The maximum atomic E-state index is 13.1. The summed E-state index contributed by atoms with van der Waals surface area (Å²) in [5.74, 6) is -1.58. The number of carboxylic acids is 1. The van der Waals surface area contributed by atoms with E-state index in [1.165, 1.54) is 6.08 Å². The number of hydrogen-bond donors (Lipinski definition) is 5. The third-order valence-corrected chi connectivity index (χ3v) is 4.96. The van der Waals surface area contributed by atoms with Crippen molar-refractivity contribution in [2.45, 2.75) is 31.3 Å². The van der Waals surface area contributed by atoms with Crippen molar-refractivity contribution < 1.29 is 24.2 Å². The van der Waals surface area contributed by atoms with E-state index in [2.05, 4.69) is 15.6 Å². The van der Waals surface area contributed by atoms with Gasteiger partial charge in [0.1, 0.15) is 6.04 Å². The molecule has 34 heavy (non-hydrogen) atoms. The van der Waals surface area contributed by atoms with E-state index >= 15 is 0 Å². The van der Waals surface area contributed by atoms with Crippen LogP contribution in [0.2, 0.25) is 0 Å². The number of urea groups is 1. The number of benzene rings is 1. The Labute approximate surface area is 209 Å². The largest absolute Gasteiger partial charge is 0.478 e. The molecular weight excluding hydrogens is 508 g/mol. The first-order valence-electron chi connectivity index (χ1n) is 10.8. The summed E-state index contributed by atoms with van der Waals surface area (Å²) in [5.41, 5.74) is 11.5. The van der Waals surface area contributed by atoms with Crippen molar-refractivity contribution in [1.82, 2.24) is 15.5 Å². The van der Waals surface area contributed by atoms with Crippen molar-refractivity contribution in [2.75, 3.05) is 32.8 Å². The number of halogens is 1. The van der Waals surface area contributed by atoms with E-state index in [4.69, 9.17) is 21.3 Å². The maximum absolute atomic E-state index is 13.1. The first kappa shape index (κ1) is 28.9. The first-order valence-corrected chi connectivity index (χ1v) is 10.8. The van der Waals surface area contributed by atoms with E-state index in [0.29, 0.717) is 45.7 Å². The van der Waals surface area contributed by atoms with Gasteiger partial charge in [-0.05, 0) is 18.4 Å². The van der Waals surface area contributed by atoms with Crippen LogP contribution in [0, 0.1) is 0 Å². The Balaban J connectivity index is 0.00000578. The van der Waals surface area contributed by atoms with Crippen LogP contribution in [0.5, 0.6) is 0 Å². The Morgan fingerprint density at radius 3 is 2.44 bits per heavy atom. The molecule has 0 saturated carbocycles. The highest BCUT2D eigenvalue weighted by Gasteiger charge is 2.26. The number of amides is 3. The van der Waals surface area contributed by atoms with Gasteiger partial charge in [0, 0.05) is 38.2 Å². The number of nitrogens with one attached hydrogen (secondary N) is 2. The molecule has 188 valence electrons. The zero-order valence-electron chi connectivity index (χ0n) is 18.9. The highest BCUT2D eigenvalue weighted by Crippen LogP contribution is 2.07. The van der Waals surface area contributed by atoms with Crippen LogP contribution in [0.1, 0.15) is 18.4 Å². The van der Waals surface area contributed by atoms with Crippen LogP contribution in [-0.4, -0.2) is 78.8 Å². The van der Waals surface area contributed by atoms with E-state index in [9.17, 15) is 14.4 Å². The van der Waals surface area contributed by atoms with Gasteiger partial charge in [0.15, 0.2) is 5.96 Å². The van der Waals surface area contributed by atoms with Crippen molar-refractivity contribution in [3.8, 4) is 0 Å². The first-order chi connectivity index (χ1) is 15.8. The molecule has 0 aromatic heterocycles. The third-order valence-electron chi connectivity index (χ3n) is 4.96. The summed E-state index contributed by atoms with van der Waals surface area (Å²) in [6.07, 6.45) is 3.60. The van der Waals surface area contributed by atoms with Crippen LogP contribution in [0.3, 0.4) is 0 Å². The van der Waals surface area contributed by atoms with Crippen LogP contribution in [0.25, 0.3) is 0 Å². The molecule has 7 N–H and O–H groups in total. The zero-order chi connectivity index (χ0) is 24.1. The molecule has 0 bridgehead atoms. The van der Waals surface area contributed by atoms with Gasteiger partial charge in [-0.1, -0.05) is 36.4 Å². The number of hydrogen-bond acceptors (Lipinski definition) is 5. The number of aliphatic imine (C=N–C) groups is 1. The quantitative estimate of drug-likeness (QED) is 0.117. The van der Waals surface area contributed by atoms with Crippen LogP contribution in [0.15, 0.2) is 47.5 Å². The van der Waals surface area contributed by atoms with E-state index in [0.717, 1.165) is 11.6 Å². The van der Waals surface area contributed by atoms with Gasteiger partial charge in [-0.2, -0.15) is 0 Å². The Morgan fingerprint density at radius 2 is 1.82 bits per heavy atom. The van der Waals surface area contributed by atoms with Gasteiger partial charge in [-0.15, -0.1) is 17.0 Å². The fraction of sp³-hybridized carbons (Fsp3) is 0.455. The summed E-state index contributed by atoms with van der Waals surface area (Å²) in [6.45, 7) is 2.12. The highest BCUT2D eigenvalue weighted by atomic mass is 79.9. The van der Waals surface area contributed by atoms with Crippen molar-refractivity contribution in [2.24, 2.45) is 16.5 Å². The average molecular weight is 541 g/mol. The molecule has 0 aliphatic carbocycles. The van der Waals surface area contributed by atoms with Gasteiger partial charge in [0.05, 0.1) is 13.2 Å². The molecule has 2 rings (SSSR count). The molecule has 0 spiro atoms. The number of nitrogens with zero attached hydrogens (tertiary/aromatic N) is 2. The molecule has 1 aromatic carbocycles. The maximum Gasteiger partial charge on any atom is 0.328 e. The number of guanidine groups is 1. The molecule has 1 aliphatic rings. The molecule has 1 aromatic rings. The van der Waals surface area contributed by atoms with Gasteiger partial charge >= 0.3 is 12.0 Å². The molecule has 3 amide bonds. The lowest BCUT2D eigenvalue weighted by atomic mass is 10.0. The lowest BCUT2D eigenvalue weighted by molar-refractivity contribution is -0.131. The molecule has 11 nitrogen and oxygen atoms in total. The molecule has 1 fully saturated rings. The highest BCUT2D eigenvalue weighted by molar-refractivity contribution is 8.93. The summed E-state index contributed by atoms with van der Waals surface area (Å²) in [7, 11) is 0. The van der Waals surface area contributed by atoms with Gasteiger partial charge in [0.2, 0.25) is 5.91 Å². The predicted molar refractivity (Wildman–Crippen MR) is 134 cm³/mol. The molecule has 12 heteroatoms. The number of carbonyl (C=O) groups excluding carboxylic acids is 2. The number of ether oxygens (including phenoxy) is 1. The number of nitrogens with two attached hydrogens (primary N) is 2. The molecule has 1 aliphatic heterocycles. The topological polar surface area (TPSA) is 172 Å². The molecule has 0 radical (unpaired) electrons. The minimum atomic E-state index is -1.13. The second kappa shape index (κ2) is 15.7. The fourth-order valence-corrected chi connectivity index (χ4v) is 3.28. The van der Waals surface area contributed by atoms with Crippen molar-refractivity contribution >= 4 is 40.8 Å². The summed E-state index contributed by atoms with van der Waals surface area (Å²) in [4.78, 5) is 42.4. The fourth-order valence-electron chi connectivity index (χ4n) is 3.28. The van der Waals surface area contributed by atoms with Gasteiger partial charge in [-0.3, -0.25) is 9.79 Å².